The number of fused-ring (bicyclic) bond motifs is 3. The number of carbonyl (C=O) groups excluding carboxylic acids is 2. The number of alkyl carbamates (subject to hydrolysis) is 1. The predicted octanol–water partition coefficient (Wildman–Crippen LogP) is 4.41. The topological polar surface area (TPSA) is 95.9 Å². The number of carboxylic acid groups (broad SMARTS) is 1. The van der Waals surface area contributed by atoms with Crippen molar-refractivity contribution >= 4 is 18.0 Å². The van der Waals surface area contributed by atoms with Crippen molar-refractivity contribution in [2.24, 2.45) is 5.41 Å². The third-order valence-electron chi connectivity index (χ3n) is 7.10. The zero-order chi connectivity index (χ0) is 24.5. The highest BCUT2D eigenvalue weighted by atomic mass is 16.5. The molecule has 1 fully saturated rings. The van der Waals surface area contributed by atoms with Crippen molar-refractivity contribution in [3.8, 4) is 11.1 Å². The molecule has 180 valence electrons. The number of amides is 2. The van der Waals surface area contributed by atoms with Crippen LogP contribution in [0.15, 0.2) is 48.5 Å². The first-order valence-corrected chi connectivity index (χ1v) is 11.8. The summed E-state index contributed by atoms with van der Waals surface area (Å²) >= 11 is 0. The zero-order valence-corrected chi connectivity index (χ0v) is 19.9. The van der Waals surface area contributed by atoms with Gasteiger partial charge in [-0.2, -0.15) is 0 Å². The summed E-state index contributed by atoms with van der Waals surface area (Å²) in [6.45, 7) is 6.24. The van der Waals surface area contributed by atoms with Crippen LogP contribution in [0.1, 0.15) is 57.1 Å². The van der Waals surface area contributed by atoms with Crippen LogP contribution in [0.25, 0.3) is 11.1 Å². The van der Waals surface area contributed by atoms with Gasteiger partial charge in [-0.3, -0.25) is 4.79 Å². The van der Waals surface area contributed by atoms with Crippen LogP contribution in [0.3, 0.4) is 0 Å². The Hall–Kier alpha value is -3.35. The average Bonchev–Trinajstić information content (AvgIpc) is 3.30. The van der Waals surface area contributed by atoms with E-state index in [-0.39, 0.29) is 30.9 Å². The molecule has 1 saturated heterocycles. The van der Waals surface area contributed by atoms with Crippen LogP contribution in [0.5, 0.6) is 0 Å². The summed E-state index contributed by atoms with van der Waals surface area (Å²) in [4.78, 5) is 38.3. The number of aliphatic carboxylic acids is 1. The fraction of sp³-hybridized carbons (Fsp3) is 0.444. The second kappa shape index (κ2) is 9.49. The minimum absolute atomic E-state index is 0.0125. The van der Waals surface area contributed by atoms with Crippen molar-refractivity contribution in [1.29, 1.82) is 0 Å². The first-order valence-electron chi connectivity index (χ1n) is 11.8. The van der Waals surface area contributed by atoms with Crippen molar-refractivity contribution in [2.45, 2.75) is 58.0 Å². The van der Waals surface area contributed by atoms with E-state index in [2.05, 4.69) is 29.6 Å². The second-order valence-electron chi connectivity index (χ2n) is 9.98. The van der Waals surface area contributed by atoms with E-state index in [0.717, 1.165) is 11.1 Å². The molecule has 7 nitrogen and oxygen atoms in total. The van der Waals surface area contributed by atoms with E-state index >= 15 is 0 Å². The molecule has 0 bridgehead atoms. The number of hydrogen-bond donors (Lipinski definition) is 2. The molecule has 2 N–H and O–H groups in total. The van der Waals surface area contributed by atoms with Crippen molar-refractivity contribution in [3.05, 3.63) is 59.7 Å². The van der Waals surface area contributed by atoms with Gasteiger partial charge in [-0.25, -0.2) is 9.59 Å². The summed E-state index contributed by atoms with van der Waals surface area (Å²) in [6, 6.07) is 15.2. The number of likely N-dealkylation sites (tertiary alicyclic amines) is 1. The number of hydrogen-bond acceptors (Lipinski definition) is 4. The molecule has 1 aliphatic heterocycles. The van der Waals surface area contributed by atoms with Gasteiger partial charge in [-0.15, -0.1) is 0 Å². The molecule has 2 aromatic carbocycles. The van der Waals surface area contributed by atoms with E-state index in [1.54, 1.807) is 0 Å². The van der Waals surface area contributed by atoms with Gasteiger partial charge < -0.3 is 20.1 Å². The number of benzene rings is 2. The lowest BCUT2D eigenvalue weighted by Gasteiger charge is -2.29. The van der Waals surface area contributed by atoms with Gasteiger partial charge in [0.15, 0.2) is 0 Å². The van der Waals surface area contributed by atoms with Gasteiger partial charge >= 0.3 is 12.1 Å². The molecule has 2 amide bonds. The van der Waals surface area contributed by atoms with Gasteiger partial charge in [0, 0.05) is 24.9 Å². The highest BCUT2D eigenvalue weighted by Crippen LogP contribution is 2.44. The van der Waals surface area contributed by atoms with E-state index in [1.807, 2.05) is 45.0 Å². The van der Waals surface area contributed by atoms with Crippen LogP contribution in [-0.4, -0.2) is 53.2 Å². The monoisotopic (exact) mass is 464 g/mol. The van der Waals surface area contributed by atoms with Gasteiger partial charge in [0.25, 0.3) is 0 Å². The number of ether oxygens (including phenoxy) is 1. The minimum atomic E-state index is -0.972. The lowest BCUT2D eigenvalue weighted by molar-refractivity contribution is -0.151. The largest absolute Gasteiger partial charge is 0.480 e. The Labute approximate surface area is 200 Å². The van der Waals surface area contributed by atoms with Gasteiger partial charge in [-0.05, 0) is 47.4 Å². The van der Waals surface area contributed by atoms with Gasteiger partial charge in [-0.1, -0.05) is 62.4 Å². The third-order valence-corrected chi connectivity index (χ3v) is 7.10. The predicted molar refractivity (Wildman–Crippen MR) is 128 cm³/mol. The Kier molecular flexibility index (Phi) is 6.64. The summed E-state index contributed by atoms with van der Waals surface area (Å²) in [7, 11) is 0. The Balaban J connectivity index is 1.28. The van der Waals surface area contributed by atoms with Gasteiger partial charge in [0.05, 0.1) is 0 Å². The van der Waals surface area contributed by atoms with Crippen LogP contribution in [-0.2, 0) is 14.3 Å². The number of nitrogens with one attached hydrogen (secondary N) is 1. The summed E-state index contributed by atoms with van der Waals surface area (Å²) in [5, 5.41) is 12.4. The standard InChI is InChI=1S/C27H32N2O5/c1-17(12-13-23(30)29-15-14-27(2,3)24(29)25(31)32)28-26(33)34-16-22-20-10-6-4-8-18(20)19-9-5-7-11-21(19)22/h4-11,17,22,24H,12-16H2,1-3H3,(H,28,33)(H,31,32). The van der Waals surface area contributed by atoms with E-state index in [1.165, 1.54) is 16.0 Å². The van der Waals surface area contributed by atoms with Crippen molar-refractivity contribution < 1.29 is 24.2 Å². The number of carbonyl (C=O) groups is 3. The number of rotatable bonds is 7. The molecule has 34 heavy (non-hydrogen) atoms. The minimum Gasteiger partial charge on any atom is -0.480 e. The fourth-order valence-corrected chi connectivity index (χ4v) is 5.23. The first-order chi connectivity index (χ1) is 16.2. The van der Waals surface area contributed by atoms with Crippen molar-refractivity contribution in [3.63, 3.8) is 0 Å². The van der Waals surface area contributed by atoms with E-state index < -0.39 is 23.5 Å². The number of carboxylic acids is 1. The quantitative estimate of drug-likeness (QED) is 0.633. The highest BCUT2D eigenvalue weighted by Gasteiger charge is 2.47. The Bertz CT molecular complexity index is 1050. The fourth-order valence-electron chi connectivity index (χ4n) is 5.23. The molecule has 2 atom stereocenters. The Morgan fingerprint density at radius 2 is 1.68 bits per heavy atom. The molecule has 1 aliphatic carbocycles. The van der Waals surface area contributed by atoms with E-state index in [0.29, 0.717) is 19.4 Å². The molecular formula is C27H32N2O5. The zero-order valence-electron chi connectivity index (χ0n) is 19.9. The molecule has 4 rings (SSSR count). The van der Waals surface area contributed by atoms with E-state index in [9.17, 15) is 19.5 Å². The summed E-state index contributed by atoms with van der Waals surface area (Å²) < 4.78 is 5.57. The van der Waals surface area contributed by atoms with Crippen LogP contribution in [0.2, 0.25) is 0 Å². The van der Waals surface area contributed by atoms with Gasteiger partial charge in [0.2, 0.25) is 5.91 Å². The maximum Gasteiger partial charge on any atom is 0.407 e. The second-order valence-corrected chi connectivity index (χ2v) is 9.98. The molecule has 2 unspecified atom stereocenters. The van der Waals surface area contributed by atoms with Gasteiger partial charge in [0.1, 0.15) is 12.6 Å². The molecule has 1 heterocycles. The molecule has 0 aromatic heterocycles. The van der Waals surface area contributed by atoms with E-state index in [4.69, 9.17) is 4.74 Å². The lowest BCUT2D eigenvalue weighted by Crippen LogP contribution is -2.46. The summed E-state index contributed by atoms with van der Waals surface area (Å²) in [5.74, 6) is -1.18. The SMILES string of the molecule is CC(CCC(=O)N1CCC(C)(C)C1C(=O)O)NC(=O)OCC1c2ccccc2-c2ccccc21. The highest BCUT2D eigenvalue weighted by molar-refractivity contribution is 5.85. The lowest BCUT2D eigenvalue weighted by atomic mass is 9.85. The maximum atomic E-state index is 12.7. The Morgan fingerprint density at radius 3 is 2.26 bits per heavy atom. The molecule has 2 aliphatic rings. The molecule has 7 heteroatoms. The van der Waals surface area contributed by atoms with Crippen LogP contribution in [0.4, 0.5) is 4.79 Å². The third kappa shape index (κ3) is 4.65. The summed E-state index contributed by atoms with van der Waals surface area (Å²) in [6.07, 6.45) is 0.716. The summed E-state index contributed by atoms with van der Waals surface area (Å²) in [5.41, 5.74) is 4.19. The molecule has 0 radical (unpaired) electrons. The molecule has 0 saturated carbocycles. The molecular weight excluding hydrogens is 432 g/mol. The maximum absolute atomic E-state index is 12.7. The molecule has 0 spiro atoms. The number of nitrogens with zero attached hydrogens (tertiary/aromatic N) is 1. The smallest absolute Gasteiger partial charge is 0.407 e. The Morgan fingerprint density at radius 1 is 1.09 bits per heavy atom. The van der Waals surface area contributed by atoms with Crippen molar-refractivity contribution in [2.75, 3.05) is 13.2 Å². The average molecular weight is 465 g/mol. The molecule has 2 aromatic rings. The van der Waals surface area contributed by atoms with Crippen LogP contribution in [0, 0.1) is 5.41 Å². The van der Waals surface area contributed by atoms with Crippen LogP contribution >= 0.6 is 0 Å². The first kappa shape index (κ1) is 23.8. The normalized spacial score (nSPS) is 19.3. The van der Waals surface area contributed by atoms with Crippen molar-refractivity contribution in [1.82, 2.24) is 10.2 Å². The van der Waals surface area contributed by atoms with Crippen LogP contribution < -0.4 is 5.32 Å².